The van der Waals surface area contributed by atoms with Crippen LogP contribution in [0.1, 0.15) is 21.7 Å². The van der Waals surface area contributed by atoms with Crippen LogP contribution in [-0.2, 0) is 10.9 Å². The number of ether oxygens (including phenoxy) is 1. The highest BCUT2D eigenvalue weighted by Gasteiger charge is 2.40. The maximum absolute atomic E-state index is 14.0. The van der Waals surface area contributed by atoms with Crippen LogP contribution in [0, 0.1) is 0 Å². The lowest BCUT2D eigenvalue weighted by Crippen LogP contribution is -2.50. The molecule has 2 aliphatic rings. The van der Waals surface area contributed by atoms with E-state index in [0.717, 1.165) is 33.3 Å². The first kappa shape index (κ1) is 26.0. The zero-order chi connectivity index (χ0) is 26.0. The highest BCUT2D eigenvalue weighted by Crippen LogP contribution is 2.40. The number of aliphatic hydroxyl groups excluding tert-OH is 1. The summed E-state index contributed by atoms with van der Waals surface area (Å²) in [4.78, 5) is 41.1. The molecule has 2 N–H and O–H groups in total. The molecule has 1 aromatic heterocycles. The molecule has 0 aliphatic carbocycles. The Morgan fingerprint density at radius 3 is 2.64 bits per heavy atom. The van der Waals surface area contributed by atoms with Crippen LogP contribution in [0.4, 0.5) is 34.1 Å². The summed E-state index contributed by atoms with van der Waals surface area (Å²) in [7, 11) is 0. The van der Waals surface area contributed by atoms with E-state index in [-0.39, 0.29) is 44.2 Å². The predicted octanol–water partition coefficient (Wildman–Crippen LogP) is 3.80. The highest BCUT2D eigenvalue weighted by atomic mass is 35.5. The summed E-state index contributed by atoms with van der Waals surface area (Å²) in [6.07, 6.45) is -5.99. The van der Waals surface area contributed by atoms with Crippen LogP contribution >= 0.6 is 22.9 Å². The van der Waals surface area contributed by atoms with Crippen molar-refractivity contribution >= 4 is 52.3 Å². The molecular weight excluding hydrogens is 525 g/mol. The largest absolute Gasteiger partial charge is 0.442 e. The van der Waals surface area contributed by atoms with E-state index < -0.39 is 35.9 Å². The molecule has 4 amide bonds. The standard InChI is InChI=1S/C22H22ClF3N4O5S/c23-18-5-4-17(36-18)19(32)27-11-14-12-30(21(34)35-14)13-2-3-16(15(10-13)22(24,25)26)29-7-1-6-28(8-9-31)20(29)33/h2-5,10,14,31H,1,6-9,11-12H2,(H,27,32). The number of carbonyl (C=O) groups is 3. The third kappa shape index (κ3) is 5.52. The Morgan fingerprint density at radius 1 is 1.19 bits per heavy atom. The van der Waals surface area contributed by atoms with Crippen molar-refractivity contribution in [2.75, 3.05) is 49.1 Å². The molecule has 36 heavy (non-hydrogen) atoms. The summed E-state index contributed by atoms with van der Waals surface area (Å²) in [5, 5.41) is 11.8. The number of urea groups is 1. The molecule has 9 nitrogen and oxygen atoms in total. The number of thiophene rings is 1. The van der Waals surface area contributed by atoms with Crippen molar-refractivity contribution in [3.05, 3.63) is 45.1 Å². The lowest BCUT2D eigenvalue weighted by atomic mass is 10.1. The van der Waals surface area contributed by atoms with Gasteiger partial charge in [-0.15, -0.1) is 11.3 Å². The first-order valence-corrected chi connectivity index (χ1v) is 12.2. The molecule has 2 aliphatic heterocycles. The number of benzene rings is 1. The number of amides is 4. The van der Waals surface area contributed by atoms with Crippen molar-refractivity contribution in [1.82, 2.24) is 10.2 Å². The van der Waals surface area contributed by atoms with E-state index >= 15 is 0 Å². The second kappa shape index (κ2) is 10.5. The molecule has 4 rings (SSSR count). The van der Waals surface area contributed by atoms with Gasteiger partial charge in [0.05, 0.1) is 40.2 Å². The Balaban J connectivity index is 1.50. The van der Waals surface area contributed by atoms with Crippen LogP contribution in [0.2, 0.25) is 4.34 Å². The van der Waals surface area contributed by atoms with Crippen molar-refractivity contribution in [2.24, 2.45) is 0 Å². The van der Waals surface area contributed by atoms with Crippen LogP contribution in [0.15, 0.2) is 30.3 Å². The van der Waals surface area contributed by atoms with Gasteiger partial charge in [0.1, 0.15) is 6.10 Å². The first-order valence-electron chi connectivity index (χ1n) is 11.0. The van der Waals surface area contributed by atoms with Crippen LogP contribution in [0.25, 0.3) is 0 Å². The number of anilines is 2. The lowest BCUT2D eigenvalue weighted by Gasteiger charge is -2.36. The van der Waals surface area contributed by atoms with Gasteiger partial charge >= 0.3 is 18.3 Å². The van der Waals surface area contributed by atoms with E-state index in [2.05, 4.69) is 5.32 Å². The fourth-order valence-corrected chi connectivity index (χ4v) is 5.02. The van der Waals surface area contributed by atoms with Gasteiger partial charge in [0.2, 0.25) is 0 Å². The summed E-state index contributed by atoms with van der Waals surface area (Å²) >= 11 is 6.90. The molecular formula is C22H22ClF3N4O5S. The molecule has 2 fully saturated rings. The molecule has 1 atom stereocenters. The molecule has 3 heterocycles. The fraction of sp³-hybridized carbons (Fsp3) is 0.409. The molecule has 2 saturated heterocycles. The van der Waals surface area contributed by atoms with Gasteiger partial charge in [-0.1, -0.05) is 11.6 Å². The molecule has 14 heteroatoms. The maximum Gasteiger partial charge on any atom is 0.418 e. The number of rotatable bonds is 7. The molecule has 1 aromatic carbocycles. The monoisotopic (exact) mass is 546 g/mol. The van der Waals surface area contributed by atoms with Gasteiger partial charge in [0, 0.05) is 25.3 Å². The normalized spacial score (nSPS) is 18.6. The van der Waals surface area contributed by atoms with Crippen molar-refractivity contribution in [1.29, 1.82) is 0 Å². The molecule has 0 radical (unpaired) electrons. The summed E-state index contributed by atoms with van der Waals surface area (Å²) < 4.78 is 47.7. The highest BCUT2D eigenvalue weighted by molar-refractivity contribution is 7.18. The molecule has 0 saturated carbocycles. The number of cyclic esters (lactones) is 1. The van der Waals surface area contributed by atoms with Crippen molar-refractivity contribution in [3.8, 4) is 0 Å². The average Bonchev–Trinajstić information content (AvgIpc) is 3.43. The third-order valence-corrected chi connectivity index (χ3v) is 6.96. The summed E-state index contributed by atoms with van der Waals surface area (Å²) in [5.74, 6) is -0.411. The van der Waals surface area contributed by atoms with Gasteiger partial charge in [0.15, 0.2) is 0 Å². The Labute approximate surface area is 213 Å². The number of halogens is 4. The number of β-amino-alcohol motifs (C(OH)–C–C–N with tert-alkyl or cyclic N) is 1. The van der Waals surface area contributed by atoms with E-state index in [9.17, 15) is 27.6 Å². The maximum atomic E-state index is 14.0. The SMILES string of the molecule is O=C(NCC1CN(c2ccc(N3CCCN(CCO)C3=O)c(C(F)(F)F)c2)C(=O)O1)c1ccc(Cl)s1. The van der Waals surface area contributed by atoms with Gasteiger partial charge in [-0.25, -0.2) is 9.59 Å². The minimum Gasteiger partial charge on any atom is -0.442 e. The molecule has 2 aromatic rings. The second-order valence-corrected chi connectivity index (χ2v) is 9.84. The summed E-state index contributed by atoms with van der Waals surface area (Å²) in [6.45, 7) is 0.0342. The average molecular weight is 547 g/mol. The number of nitrogens with zero attached hydrogens (tertiary/aromatic N) is 3. The van der Waals surface area contributed by atoms with Crippen molar-refractivity contribution < 1.29 is 37.4 Å². The number of carbonyl (C=O) groups excluding carboxylic acids is 3. The number of hydrogen-bond donors (Lipinski definition) is 2. The number of alkyl halides is 3. The Bertz CT molecular complexity index is 1160. The Hall–Kier alpha value is -3.03. The zero-order valence-electron chi connectivity index (χ0n) is 18.8. The second-order valence-electron chi connectivity index (χ2n) is 8.13. The molecule has 194 valence electrons. The predicted molar refractivity (Wildman–Crippen MR) is 127 cm³/mol. The van der Waals surface area contributed by atoms with E-state index in [1.54, 1.807) is 12.1 Å². The van der Waals surface area contributed by atoms with Crippen LogP contribution < -0.4 is 15.1 Å². The number of hydrogen-bond acceptors (Lipinski definition) is 6. The third-order valence-electron chi connectivity index (χ3n) is 5.73. The Morgan fingerprint density at radius 2 is 1.97 bits per heavy atom. The number of nitrogens with one attached hydrogen (secondary N) is 1. The van der Waals surface area contributed by atoms with E-state index in [1.165, 1.54) is 11.0 Å². The fourth-order valence-electron chi connectivity index (χ4n) is 4.06. The Kier molecular flexibility index (Phi) is 7.62. The minimum absolute atomic E-state index is 0.0197. The van der Waals surface area contributed by atoms with Gasteiger partial charge < -0.3 is 20.1 Å². The van der Waals surface area contributed by atoms with Crippen molar-refractivity contribution in [2.45, 2.75) is 18.7 Å². The zero-order valence-corrected chi connectivity index (χ0v) is 20.3. The summed E-state index contributed by atoms with van der Waals surface area (Å²) in [6, 6.07) is 5.77. The van der Waals surface area contributed by atoms with Gasteiger partial charge in [-0.2, -0.15) is 13.2 Å². The minimum atomic E-state index is -4.80. The lowest BCUT2D eigenvalue weighted by molar-refractivity contribution is -0.137. The van der Waals surface area contributed by atoms with E-state index in [1.807, 2.05) is 0 Å². The van der Waals surface area contributed by atoms with Crippen LogP contribution in [0.5, 0.6) is 0 Å². The van der Waals surface area contributed by atoms with Crippen molar-refractivity contribution in [3.63, 3.8) is 0 Å². The molecule has 1 unspecified atom stereocenters. The van der Waals surface area contributed by atoms with Gasteiger partial charge in [-0.3, -0.25) is 14.6 Å². The quantitative estimate of drug-likeness (QED) is 0.550. The number of aliphatic hydroxyl groups is 1. The van der Waals surface area contributed by atoms with Gasteiger partial charge in [0.25, 0.3) is 5.91 Å². The van der Waals surface area contributed by atoms with Crippen LogP contribution in [0.3, 0.4) is 0 Å². The smallest absolute Gasteiger partial charge is 0.418 e. The van der Waals surface area contributed by atoms with E-state index in [4.69, 9.17) is 21.4 Å². The first-order chi connectivity index (χ1) is 17.1. The summed E-state index contributed by atoms with van der Waals surface area (Å²) in [5.41, 5.74) is -1.45. The van der Waals surface area contributed by atoms with Crippen LogP contribution in [-0.4, -0.2) is 73.5 Å². The van der Waals surface area contributed by atoms with Gasteiger partial charge in [-0.05, 0) is 36.8 Å². The molecule has 0 spiro atoms. The topological polar surface area (TPSA) is 102 Å². The molecule has 0 bridgehead atoms. The van der Waals surface area contributed by atoms with E-state index in [0.29, 0.717) is 22.2 Å².